The van der Waals surface area contributed by atoms with Crippen molar-refractivity contribution in [3.8, 4) is 5.75 Å². The molecule has 1 unspecified atom stereocenters. The largest absolute Gasteiger partial charge is 0.492 e. The quantitative estimate of drug-likeness (QED) is 0.304. The lowest BCUT2D eigenvalue weighted by atomic mass is 9.95. The van der Waals surface area contributed by atoms with Gasteiger partial charge in [0, 0.05) is 29.9 Å². The molecule has 1 atom stereocenters. The molecule has 2 aliphatic carbocycles. The number of aliphatic imine (C=N–C) groups is 2. The van der Waals surface area contributed by atoms with Crippen LogP contribution < -0.4 is 20.7 Å². The first kappa shape index (κ1) is 29.7. The maximum atomic E-state index is 12.0. The van der Waals surface area contributed by atoms with Crippen LogP contribution in [0, 0.1) is 5.92 Å². The fourth-order valence-electron chi connectivity index (χ4n) is 4.83. The zero-order chi connectivity index (χ0) is 28.4. The van der Waals surface area contributed by atoms with E-state index in [1.165, 1.54) is 24.0 Å². The zero-order valence-corrected chi connectivity index (χ0v) is 24.5. The number of allylic oxidation sites excluding steroid dienone is 5. The lowest BCUT2D eigenvalue weighted by molar-refractivity contribution is -0.105. The van der Waals surface area contributed by atoms with Crippen molar-refractivity contribution in [3.05, 3.63) is 58.9 Å². The van der Waals surface area contributed by atoms with Crippen LogP contribution >= 0.6 is 0 Å². The van der Waals surface area contributed by atoms with Crippen LogP contribution in [0.25, 0.3) is 5.57 Å². The molecule has 3 aliphatic rings. The summed E-state index contributed by atoms with van der Waals surface area (Å²) in [4.78, 5) is 21.2. The van der Waals surface area contributed by atoms with Gasteiger partial charge in [0.25, 0.3) is 0 Å². The molecule has 1 aromatic carbocycles. The summed E-state index contributed by atoms with van der Waals surface area (Å²) in [5.41, 5.74) is 4.83. The molecule has 0 spiro atoms. The first-order chi connectivity index (χ1) is 19.4. The molecule has 1 saturated carbocycles. The molecule has 40 heavy (non-hydrogen) atoms. The van der Waals surface area contributed by atoms with E-state index in [9.17, 15) is 4.79 Å². The zero-order valence-electron chi connectivity index (χ0n) is 24.5. The van der Waals surface area contributed by atoms with E-state index in [2.05, 4.69) is 66.0 Å². The average molecular weight is 548 g/mol. The van der Waals surface area contributed by atoms with Crippen LogP contribution in [0.15, 0.2) is 63.4 Å². The van der Waals surface area contributed by atoms with Gasteiger partial charge in [-0.3, -0.25) is 9.79 Å². The Balaban J connectivity index is 1.41. The number of nitrogens with zero attached hydrogens (tertiary/aromatic N) is 2. The summed E-state index contributed by atoms with van der Waals surface area (Å²) in [6.07, 6.45) is 11.7. The highest BCUT2D eigenvalue weighted by molar-refractivity contribution is 6.04. The molecular formula is C32H45N5O3. The topological polar surface area (TPSA) is 96.3 Å². The third kappa shape index (κ3) is 9.17. The summed E-state index contributed by atoms with van der Waals surface area (Å²) < 4.78 is 12.0. The molecule has 216 valence electrons. The van der Waals surface area contributed by atoms with E-state index in [0.29, 0.717) is 50.2 Å². The van der Waals surface area contributed by atoms with Gasteiger partial charge in [0.15, 0.2) is 6.29 Å². The van der Waals surface area contributed by atoms with Crippen LogP contribution in [0.3, 0.4) is 0 Å². The fraction of sp³-hybridized carbons (Fsp3) is 0.531. The summed E-state index contributed by atoms with van der Waals surface area (Å²) in [5, 5.41) is 10.2. The minimum Gasteiger partial charge on any atom is -0.492 e. The van der Waals surface area contributed by atoms with Gasteiger partial charge in [-0.2, -0.15) is 0 Å². The Kier molecular flexibility index (Phi) is 10.7. The molecule has 0 aromatic heterocycles. The number of hydrogen-bond donors (Lipinski definition) is 3. The van der Waals surface area contributed by atoms with E-state index in [-0.39, 0.29) is 11.6 Å². The second-order valence-electron chi connectivity index (χ2n) is 11.5. The number of aldehydes is 1. The fourth-order valence-corrected chi connectivity index (χ4v) is 4.83. The second-order valence-corrected chi connectivity index (χ2v) is 11.5. The molecule has 8 heteroatoms. The lowest BCUT2D eigenvalue weighted by Gasteiger charge is -2.21. The highest BCUT2D eigenvalue weighted by Crippen LogP contribution is 2.34. The number of ether oxygens (including phenoxy) is 2. The molecule has 1 aromatic rings. The molecule has 1 fully saturated rings. The van der Waals surface area contributed by atoms with Crippen molar-refractivity contribution in [1.82, 2.24) is 16.0 Å². The van der Waals surface area contributed by atoms with E-state index in [1.807, 2.05) is 19.1 Å². The van der Waals surface area contributed by atoms with Crippen LogP contribution in [-0.4, -0.2) is 63.0 Å². The lowest BCUT2D eigenvalue weighted by Crippen LogP contribution is -2.38. The Labute approximate surface area is 239 Å². The number of benzene rings is 1. The Morgan fingerprint density at radius 3 is 2.60 bits per heavy atom. The summed E-state index contributed by atoms with van der Waals surface area (Å²) >= 11 is 0. The molecular weight excluding hydrogens is 502 g/mol. The predicted molar refractivity (Wildman–Crippen MR) is 163 cm³/mol. The highest BCUT2D eigenvalue weighted by Gasteiger charge is 2.31. The van der Waals surface area contributed by atoms with E-state index >= 15 is 0 Å². The van der Waals surface area contributed by atoms with Crippen LogP contribution in [-0.2, 0) is 9.53 Å². The number of rotatable bonds is 9. The average Bonchev–Trinajstić information content (AvgIpc) is 3.78. The molecule has 0 saturated heterocycles. The summed E-state index contributed by atoms with van der Waals surface area (Å²) in [6.45, 7) is 11.7. The van der Waals surface area contributed by atoms with Gasteiger partial charge >= 0.3 is 0 Å². The smallest absolute Gasteiger partial charge is 0.168 e. The minimum atomic E-state index is 0.0890. The van der Waals surface area contributed by atoms with Crippen molar-refractivity contribution in [1.29, 1.82) is 0 Å². The van der Waals surface area contributed by atoms with Crippen molar-refractivity contribution in [2.24, 2.45) is 15.9 Å². The Hall–Kier alpha value is -3.23. The van der Waals surface area contributed by atoms with Gasteiger partial charge in [-0.15, -0.1) is 0 Å². The third-order valence-electron chi connectivity index (χ3n) is 7.19. The van der Waals surface area contributed by atoms with Crippen molar-refractivity contribution < 1.29 is 14.3 Å². The molecule has 4 rings (SSSR count). The van der Waals surface area contributed by atoms with E-state index < -0.39 is 0 Å². The Bertz CT molecular complexity index is 1150. The molecule has 8 nitrogen and oxygen atoms in total. The van der Waals surface area contributed by atoms with Crippen LogP contribution in [0.5, 0.6) is 5.75 Å². The highest BCUT2D eigenvalue weighted by atomic mass is 16.5. The van der Waals surface area contributed by atoms with Crippen LogP contribution in [0.4, 0.5) is 0 Å². The number of nitrogens with one attached hydrogen (secondary N) is 3. The molecule has 3 N–H and O–H groups in total. The van der Waals surface area contributed by atoms with Gasteiger partial charge in [0.1, 0.15) is 23.9 Å². The summed E-state index contributed by atoms with van der Waals surface area (Å²) in [6, 6.07) is 8.32. The third-order valence-corrected chi connectivity index (χ3v) is 7.19. The van der Waals surface area contributed by atoms with Crippen molar-refractivity contribution >= 4 is 24.0 Å². The van der Waals surface area contributed by atoms with Crippen LogP contribution in [0.2, 0.25) is 0 Å². The standard InChI is InChI=1S/C32H45N5O3/c1-5-28-29(21-38)35-22-33-20-30(25-6-7-25)40-18-16-34-31(28)37-26-12-8-23(9-13-26)24-10-14-27(15-11-24)39-19-17-36-32(2,3)4/h8,10-12,14-15,21-22,25,30,36H,5-7,9,13,16-20H2,1-4H3,(H,33,35)(H,34,37)/b29-28-. The number of hydrogen-bond acceptors (Lipinski definition) is 8. The molecule has 0 bridgehead atoms. The Morgan fingerprint density at radius 2 is 1.95 bits per heavy atom. The first-order valence-electron chi connectivity index (χ1n) is 14.6. The van der Waals surface area contributed by atoms with Gasteiger partial charge in [-0.1, -0.05) is 25.1 Å². The summed E-state index contributed by atoms with van der Waals surface area (Å²) in [7, 11) is 0. The molecule has 1 aliphatic heterocycles. The van der Waals surface area contributed by atoms with E-state index in [1.54, 1.807) is 6.34 Å². The maximum absolute atomic E-state index is 12.0. The maximum Gasteiger partial charge on any atom is 0.168 e. The SMILES string of the molecule is CCC1=C(C=O)/N=C/NCC(C2CC2)OCC/N=C\1NC1=CC=C(c2ccc(OCCNC(C)(C)C)cc2)CC1. The van der Waals surface area contributed by atoms with Gasteiger partial charge in [-0.05, 0) is 88.1 Å². The van der Waals surface area contributed by atoms with Gasteiger partial charge < -0.3 is 25.4 Å². The van der Waals surface area contributed by atoms with Gasteiger partial charge in [-0.25, -0.2) is 4.99 Å². The van der Waals surface area contributed by atoms with E-state index in [0.717, 1.165) is 42.7 Å². The van der Waals surface area contributed by atoms with Gasteiger partial charge in [0.05, 0.1) is 25.6 Å². The Morgan fingerprint density at radius 1 is 1.15 bits per heavy atom. The normalized spacial score (nSPS) is 24.7. The first-order valence-corrected chi connectivity index (χ1v) is 14.6. The van der Waals surface area contributed by atoms with Crippen LogP contribution in [0.1, 0.15) is 65.4 Å². The van der Waals surface area contributed by atoms with Crippen molar-refractivity contribution in [2.45, 2.75) is 71.4 Å². The van der Waals surface area contributed by atoms with E-state index in [4.69, 9.17) is 14.5 Å². The molecule has 1 heterocycles. The van der Waals surface area contributed by atoms with Gasteiger partial charge in [0.2, 0.25) is 0 Å². The predicted octanol–water partition coefficient (Wildman–Crippen LogP) is 4.79. The molecule has 0 radical (unpaired) electrons. The monoisotopic (exact) mass is 547 g/mol. The number of carbonyl (C=O) groups is 1. The second kappa shape index (κ2) is 14.4. The van der Waals surface area contributed by atoms with Crippen molar-refractivity contribution in [3.63, 3.8) is 0 Å². The van der Waals surface area contributed by atoms with Crippen molar-refractivity contribution in [2.75, 3.05) is 32.8 Å². The number of amidine groups is 1. The summed E-state index contributed by atoms with van der Waals surface area (Å²) in [5.74, 6) is 2.18. The minimum absolute atomic E-state index is 0.0890. The molecule has 0 amide bonds. The number of carbonyl (C=O) groups excluding carboxylic acids is 1.